The summed E-state index contributed by atoms with van der Waals surface area (Å²) in [6, 6.07) is 14.5. The third kappa shape index (κ3) is 4.79. The average molecular weight is 450 g/mol. The van der Waals surface area contributed by atoms with Crippen molar-refractivity contribution in [1.82, 2.24) is 15.0 Å². The van der Waals surface area contributed by atoms with E-state index in [-0.39, 0.29) is 6.61 Å². The second-order valence-electron chi connectivity index (χ2n) is 7.22. The van der Waals surface area contributed by atoms with Crippen LogP contribution in [0.15, 0.2) is 66.0 Å². The van der Waals surface area contributed by atoms with Gasteiger partial charge in [0.05, 0.1) is 22.3 Å². The number of hydrogen-bond donors (Lipinski definition) is 2. The molecule has 164 valence electrons. The minimum Gasteiger partial charge on any atom is -0.493 e. The molecule has 2 aromatic carbocycles. The van der Waals surface area contributed by atoms with Gasteiger partial charge in [-0.05, 0) is 48.7 Å². The van der Waals surface area contributed by atoms with Gasteiger partial charge in [0.25, 0.3) is 0 Å². The topological polar surface area (TPSA) is 112 Å². The second kappa shape index (κ2) is 8.81. The fourth-order valence-corrected chi connectivity index (χ4v) is 3.87. The number of nitrogens with one attached hydrogen (secondary N) is 1. The lowest BCUT2D eigenvalue weighted by Gasteiger charge is -2.14. The maximum atomic E-state index is 12.0. The van der Waals surface area contributed by atoms with Crippen LogP contribution in [0.25, 0.3) is 10.9 Å². The van der Waals surface area contributed by atoms with E-state index < -0.39 is 9.71 Å². The lowest BCUT2D eigenvalue weighted by Crippen LogP contribution is -2.12. The van der Waals surface area contributed by atoms with Crippen LogP contribution in [-0.2, 0) is 16.3 Å². The molecule has 0 saturated heterocycles. The van der Waals surface area contributed by atoms with Gasteiger partial charge in [0.1, 0.15) is 18.8 Å². The van der Waals surface area contributed by atoms with Crippen molar-refractivity contribution in [3.8, 4) is 11.5 Å². The Morgan fingerprint density at radius 1 is 1.09 bits per heavy atom. The average Bonchev–Trinajstić information content (AvgIpc) is 2.77. The van der Waals surface area contributed by atoms with E-state index in [0.29, 0.717) is 27.7 Å². The van der Waals surface area contributed by atoms with E-state index in [1.807, 2.05) is 31.2 Å². The lowest BCUT2D eigenvalue weighted by atomic mass is 10.2. The first kappa shape index (κ1) is 21.5. The van der Waals surface area contributed by atoms with Crippen molar-refractivity contribution in [2.75, 3.05) is 12.4 Å². The smallest absolute Gasteiger partial charge is 0.163 e. The van der Waals surface area contributed by atoms with E-state index in [1.165, 1.54) is 6.33 Å². The van der Waals surface area contributed by atoms with Crippen LogP contribution in [0.3, 0.4) is 0 Å². The van der Waals surface area contributed by atoms with Gasteiger partial charge in [-0.2, -0.15) is 0 Å². The third-order valence-electron chi connectivity index (χ3n) is 4.77. The molecule has 0 radical (unpaired) electrons. The first-order valence-electron chi connectivity index (χ1n) is 9.72. The van der Waals surface area contributed by atoms with E-state index in [2.05, 4.69) is 26.1 Å². The fourth-order valence-electron chi connectivity index (χ4n) is 3.21. The molecule has 1 unspecified atom stereocenters. The highest BCUT2D eigenvalue weighted by molar-refractivity contribution is 7.98. The molecule has 9 heteroatoms. The number of pyridine rings is 1. The van der Waals surface area contributed by atoms with Crippen molar-refractivity contribution in [2.45, 2.75) is 18.4 Å². The molecule has 0 aliphatic rings. The molecular formula is C23H23N5O3S. The molecular weight excluding hydrogens is 426 g/mol. The highest BCUT2D eigenvalue weighted by Crippen LogP contribution is 2.35. The minimum atomic E-state index is -2.79. The summed E-state index contributed by atoms with van der Waals surface area (Å²) in [5.74, 6) is 5.24. The first-order chi connectivity index (χ1) is 15.3. The van der Waals surface area contributed by atoms with Crippen LogP contribution < -0.4 is 19.9 Å². The Morgan fingerprint density at radius 2 is 1.94 bits per heavy atom. The Hall–Kier alpha value is -3.69. The Labute approximate surface area is 186 Å². The second-order valence-corrected chi connectivity index (χ2v) is 9.14. The highest BCUT2D eigenvalue weighted by atomic mass is 32.2. The number of nitrogens with zero attached hydrogens (tertiary/aromatic N) is 3. The van der Waals surface area contributed by atoms with Gasteiger partial charge >= 0.3 is 0 Å². The van der Waals surface area contributed by atoms with Gasteiger partial charge in [-0.25, -0.2) is 14.2 Å². The lowest BCUT2D eigenvalue weighted by molar-refractivity contribution is 0.285. The van der Waals surface area contributed by atoms with Crippen molar-refractivity contribution in [3.05, 3.63) is 72.3 Å². The van der Waals surface area contributed by atoms with Crippen molar-refractivity contribution in [2.24, 2.45) is 5.14 Å². The summed E-state index contributed by atoms with van der Waals surface area (Å²) in [7, 11) is -1.22. The summed E-state index contributed by atoms with van der Waals surface area (Å²) in [6.07, 6.45) is 3.23. The monoisotopic (exact) mass is 449 g/mol. The quantitative estimate of drug-likeness (QED) is 0.415. The van der Waals surface area contributed by atoms with Crippen LogP contribution in [-0.4, -0.2) is 32.1 Å². The molecule has 0 saturated carbocycles. The fraction of sp³-hybridized carbons (Fsp3) is 0.130. The molecule has 4 aromatic rings. The Kier molecular flexibility index (Phi) is 5.93. The number of nitrogens with two attached hydrogens (primary N) is 1. The maximum Gasteiger partial charge on any atom is 0.163 e. The molecule has 0 amide bonds. The summed E-state index contributed by atoms with van der Waals surface area (Å²) >= 11 is 0. The van der Waals surface area contributed by atoms with E-state index in [4.69, 9.17) is 14.6 Å². The standard InChI is InChI=1S/C23H23N5O3S/c1-15-9-17(7-8-25-15)28-23-19-11-21(30-2)22(12-20(19)26-14-27-23)31-13-16-5-4-6-18(10-16)32(3,24)29/h4-12,14H,3,13H2,1-2H3,(H2,24,29)(H,25,26,27,28). The van der Waals surface area contributed by atoms with Crippen LogP contribution in [0.1, 0.15) is 11.3 Å². The van der Waals surface area contributed by atoms with E-state index >= 15 is 0 Å². The normalized spacial score (nSPS) is 12.8. The number of ether oxygens (including phenoxy) is 2. The van der Waals surface area contributed by atoms with E-state index in [0.717, 1.165) is 22.3 Å². The summed E-state index contributed by atoms with van der Waals surface area (Å²) in [5.41, 5.74) is 3.28. The molecule has 0 fully saturated rings. The molecule has 3 N–H and O–H groups in total. The number of fused-ring (bicyclic) bond motifs is 1. The van der Waals surface area contributed by atoms with Gasteiger partial charge in [-0.15, -0.1) is 0 Å². The SMILES string of the molecule is C=S(N)(=O)c1cccc(COc2cc3ncnc(Nc4ccnc(C)c4)c3cc2OC)c1. The molecule has 0 bridgehead atoms. The molecule has 32 heavy (non-hydrogen) atoms. The molecule has 0 spiro atoms. The molecule has 4 rings (SSSR count). The van der Waals surface area contributed by atoms with Gasteiger partial charge < -0.3 is 14.8 Å². The van der Waals surface area contributed by atoms with E-state index in [1.54, 1.807) is 37.6 Å². The van der Waals surface area contributed by atoms with Crippen molar-refractivity contribution < 1.29 is 13.7 Å². The number of hydrogen-bond acceptors (Lipinski definition) is 7. The zero-order valence-corrected chi connectivity index (χ0v) is 18.6. The number of aromatic nitrogens is 3. The van der Waals surface area contributed by atoms with Crippen LogP contribution in [0, 0.1) is 6.92 Å². The van der Waals surface area contributed by atoms with Crippen molar-refractivity contribution in [3.63, 3.8) is 0 Å². The zero-order valence-electron chi connectivity index (χ0n) is 17.7. The molecule has 0 aliphatic carbocycles. The van der Waals surface area contributed by atoms with E-state index in [9.17, 15) is 4.21 Å². The molecule has 1 atom stereocenters. The number of benzene rings is 2. The number of methoxy groups -OCH3 is 1. The number of anilines is 2. The molecule has 2 heterocycles. The van der Waals surface area contributed by atoms with Gasteiger partial charge in [0, 0.05) is 33.9 Å². The van der Waals surface area contributed by atoms with Crippen LogP contribution in [0.4, 0.5) is 11.5 Å². The third-order valence-corrected chi connectivity index (χ3v) is 5.82. The van der Waals surface area contributed by atoms with Gasteiger partial charge in [-0.1, -0.05) is 12.1 Å². The Balaban J connectivity index is 1.63. The van der Waals surface area contributed by atoms with Gasteiger partial charge in [0.2, 0.25) is 0 Å². The van der Waals surface area contributed by atoms with Crippen LogP contribution >= 0.6 is 0 Å². The maximum absolute atomic E-state index is 12.0. The van der Waals surface area contributed by atoms with Crippen LogP contribution in [0.2, 0.25) is 0 Å². The Bertz CT molecular complexity index is 1390. The summed E-state index contributed by atoms with van der Waals surface area (Å²) < 4.78 is 23.6. The highest BCUT2D eigenvalue weighted by Gasteiger charge is 2.13. The Morgan fingerprint density at radius 3 is 2.69 bits per heavy atom. The predicted octanol–water partition coefficient (Wildman–Crippen LogP) is 3.61. The largest absolute Gasteiger partial charge is 0.493 e. The predicted molar refractivity (Wildman–Crippen MR) is 127 cm³/mol. The minimum absolute atomic E-state index is 0.234. The van der Waals surface area contributed by atoms with Crippen molar-refractivity contribution in [1.29, 1.82) is 0 Å². The molecule has 0 aliphatic heterocycles. The zero-order chi connectivity index (χ0) is 22.7. The van der Waals surface area contributed by atoms with Crippen LogP contribution in [0.5, 0.6) is 11.5 Å². The molecule has 2 aromatic heterocycles. The van der Waals surface area contributed by atoms with Crippen molar-refractivity contribution >= 4 is 38.0 Å². The summed E-state index contributed by atoms with van der Waals surface area (Å²) in [6.45, 7) is 2.16. The summed E-state index contributed by atoms with van der Waals surface area (Å²) in [4.78, 5) is 13.4. The number of aryl methyl sites for hydroxylation is 1. The van der Waals surface area contributed by atoms with Gasteiger partial charge in [-0.3, -0.25) is 10.1 Å². The molecule has 8 nitrogen and oxygen atoms in total. The first-order valence-corrected chi connectivity index (χ1v) is 11.5. The van der Waals surface area contributed by atoms with Gasteiger partial charge in [0.15, 0.2) is 11.5 Å². The summed E-state index contributed by atoms with van der Waals surface area (Å²) in [5, 5.41) is 9.74. The number of rotatable bonds is 7.